The lowest BCUT2D eigenvalue weighted by Crippen LogP contribution is -2.24. The molecule has 0 amide bonds. The van der Waals surface area contributed by atoms with Crippen LogP contribution in [-0.2, 0) is 9.59 Å². The Labute approximate surface area is 101 Å². The molecule has 0 fully saturated rings. The second kappa shape index (κ2) is 6.18. The normalized spacial score (nSPS) is 14.0. The molecule has 0 saturated carbocycles. The molecule has 17 heavy (non-hydrogen) atoms. The van der Waals surface area contributed by atoms with Crippen LogP contribution in [0, 0.1) is 5.92 Å². The smallest absolute Gasteiger partial charge is 0.314 e. The number of Topliss-reactive ketones (excluding diaryl/α,β-unsaturated/α-hetero) is 1. The van der Waals surface area contributed by atoms with E-state index in [1.54, 1.807) is 6.92 Å². The third-order valence-electron chi connectivity index (χ3n) is 2.97. The predicted octanol–water partition coefficient (Wildman–Crippen LogP) is 2.86. The van der Waals surface area contributed by atoms with Crippen molar-refractivity contribution in [1.82, 2.24) is 0 Å². The van der Waals surface area contributed by atoms with Crippen LogP contribution in [0.4, 0.5) is 0 Å². The van der Waals surface area contributed by atoms with Crippen LogP contribution in [0.5, 0.6) is 0 Å². The molecule has 1 aromatic rings. The number of hydrogen-bond donors (Lipinski definition) is 1. The SMILES string of the molecule is CCC(C(=O)O)C(=O)CC(C)c1ccccc1. The minimum absolute atomic E-state index is 0.0668. The molecular weight excluding hydrogens is 216 g/mol. The van der Waals surface area contributed by atoms with Crippen LogP contribution < -0.4 is 0 Å². The lowest BCUT2D eigenvalue weighted by molar-refractivity contribution is -0.146. The molecule has 2 unspecified atom stereocenters. The Morgan fingerprint density at radius 3 is 2.29 bits per heavy atom. The zero-order chi connectivity index (χ0) is 12.8. The molecule has 0 spiro atoms. The second-order valence-corrected chi connectivity index (χ2v) is 4.28. The van der Waals surface area contributed by atoms with Gasteiger partial charge in [-0.1, -0.05) is 44.2 Å². The van der Waals surface area contributed by atoms with Gasteiger partial charge >= 0.3 is 5.97 Å². The van der Waals surface area contributed by atoms with Crippen LogP contribution in [0.15, 0.2) is 30.3 Å². The number of hydrogen-bond acceptors (Lipinski definition) is 2. The van der Waals surface area contributed by atoms with Crippen LogP contribution in [0.3, 0.4) is 0 Å². The number of carbonyl (C=O) groups excluding carboxylic acids is 1. The summed E-state index contributed by atoms with van der Waals surface area (Å²) < 4.78 is 0. The molecule has 0 aliphatic heterocycles. The lowest BCUT2D eigenvalue weighted by atomic mass is 9.89. The molecule has 92 valence electrons. The van der Waals surface area contributed by atoms with Gasteiger partial charge < -0.3 is 5.11 Å². The van der Waals surface area contributed by atoms with Crippen molar-refractivity contribution in [2.24, 2.45) is 5.92 Å². The van der Waals surface area contributed by atoms with Gasteiger partial charge in [-0.2, -0.15) is 0 Å². The highest BCUT2D eigenvalue weighted by atomic mass is 16.4. The van der Waals surface area contributed by atoms with E-state index in [1.807, 2.05) is 37.3 Å². The molecule has 1 N–H and O–H groups in total. The highest BCUT2D eigenvalue weighted by Crippen LogP contribution is 2.21. The Morgan fingerprint density at radius 2 is 1.82 bits per heavy atom. The molecule has 3 nitrogen and oxygen atoms in total. The number of carbonyl (C=O) groups is 2. The molecule has 1 rings (SSSR count). The van der Waals surface area contributed by atoms with Crippen LogP contribution in [0.1, 0.15) is 38.2 Å². The maximum atomic E-state index is 11.8. The first-order valence-electron chi connectivity index (χ1n) is 5.86. The van der Waals surface area contributed by atoms with Crippen molar-refractivity contribution in [2.75, 3.05) is 0 Å². The molecule has 0 radical (unpaired) electrons. The fourth-order valence-electron chi connectivity index (χ4n) is 1.88. The fraction of sp³-hybridized carbons (Fsp3) is 0.429. The third-order valence-corrected chi connectivity index (χ3v) is 2.97. The van der Waals surface area contributed by atoms with E-state index in [9.17, 15) is 9.59 Å². The summed E-state index contributed by atoms with van der Waals surface area (Å²) in [5.74, 6) is -1.99. The van der Waals surface area contributed by atoms with Crippen molar-refractivity contribution >= 4 is 11.8 Å². The van der Waals surface area contributed by atoms with E-state index in [-0.39, 0.29) is 18.1 Å². The zero-order valence-corrected chi connectivity index (χ0v) is 10.2. The van der Waals surface area contributed by atoms with Gasteiger partial charge in [0.05, 0.1) is 0 Å². The van der Waals surface area contributed by atoms with E-state index in [0.717, 1.165) is 5.56 Å². The van der Waals surface area contributed by atoms with Crippen molar-refractivity contribution in [1.29, 1.82) is 0 Å². The topological polar surface area (TPSA) is 54.4 Å². The molecule has 0 saturated heterocycles. The van der Waals surface area contributed by atoms with Crippen LogP contribution >= 0.6 is 0 Å². The Hall–Kier alpha value is -1.64. The van der Waals surface area contributed by atoms with Crippen molar-refractivity contribution < 1.29 is 14.7 Å². The largest absolute Gasteiger partial charge is 0.481 e. The first-order valence-corrected chi connectivity index (χ1v) is 5.86. The van der Waals surface area contributed by atoms with Crippen molar-refractivity contribution in [2.45, 2.75) is 32.6 Å². The van der Waals surface area contributed by atoms with Gasteiger partial charge in [0.2, 0.25) is 0 Å². The number of carboxylic acids is 1. The lowest BCUT2D eigenvalue weighted by Gasteiger charge is -2.14. The first-order chi connectivity index (χ1) is 8.06. The van der Waals surface area contributed by atoms with Gasteiger partial charge in [0, 0.05) is 6.42 Å². The third kappa shape index (κ3) is 3.70. The molecule has 2 atom stereocenters. The molecule has 0 aliphatic rings. The molecule has 1 aromatic carbocycles. The maximum Gasteiger partial charge on any atom is 0.314 e. The van der Waals surface area contributed by atoms with Gasteiger partial charge in [0.1, 0.15) is 11.7 Å². The Bertz CT molecular complexity index is 384. The maximum absolute atomic E-state index is 11.8. The molecular formula is C14H18O3. The van der Waals surface area contributed by atoms with E-state index in [0.29, 0.717) is 6.42 Å². The van der Waals surface area contributed by atoms with E-state index < -0.39 is 11.9 Å². The second-order valence-electron chi connectivity index (χ2n) is 4.28. The molecule has 0 aliphatic carbocycles. The summed E-state index contributed by atoms with van der Waals surface area (Å²) in [4.78, 5) is 22.7. The number of rotatable bonds is 6. The standard InChI is InChI=1S/C14H18O3/c1-3-12(14(16)17)13(15)9-10(2)11-7-5-4-6-8-11/h4-8,10,12H,3,9H2,1-2H3,(H,16,17). The van der Waals surface area contributed by atoms with Gasteiger partial charge in [-0.05, 0) is 17.9 Å². The van der Waals surface area contributed by atoms with Gasteiger partial charge in [-0.15, -0.1) is 0 Å². The quantitative estimate of drug-likeness (QED) is 0.770. The van der Waals surface area contributed by atoms with E-state index in [2.05, 4.69) is 0 Å². The summed E-state index contributed by atoms with van der Waals surface area (Å²) >= 11 is 0. The number of carboxylic acid groups (broad SMARTS) is 1. The van der Waals surface area contributed by atoms with Crippen LogP contribution in [-0.4, -0.2) is 16.9 Å². The Morgan fingerprint density at radius 1 is 1.24 bits per heavy atom. The highest BCUT2D eigenvalue weighted by molar-refractivity contribution is 5.98. The highest BCUT2D eigenvalue weighted by Gasteiger charge is 2.25. The zero-order valence-electron chi connectivity index (χ0n) is 10.2. The van der Waals surface area contributed by atoms with Crippen molar-refractivity contribution in [3.05, 3.63) is 35.9 Å². The van der Waals surface area contributed by atoms with Gasteiger partial charge in [0.15, 0.2) is 0 Å². The summed E-state index contributed by atoms with van der Waals surface area (Å²) in [5.41, 5.74) is 1.07. The van der Waals surface area contributed by atoms with Crippen LogP contribution in [0.25, 0.3) is 0 Å². The summed E-state index contributed by atoms with van der Waals surface area (Å²) in [6.07, 6.45) is 0.643. The van der Waals surface area contributed by atoms with Crippen molar-refractivity contribution in [3.8, 4) is 0 Å². The van der Waals surface area contributed by atoms with E-state index >= 15 is 0 Å². The van der Waals surface area contributed by atoms with Gasteiger partial charge in [-0.3, -0.25) is 9.59 Å². The van der Waals surface area contributed by atoms with E-state index in [1.165, 1.54) is 0 Å². The summed E-state index contributed by atoms with van der Waals surface area (Å²) in [6.45, 7) is 3.67. The molecule has 0 bridgehead atoms. The van der Waals surface area contributed by atoms with Gasteiger partial charge in [-0.25, -0.2) is 0 Å². The minimum Gasteiger partial charge on any atom is -0.481 e. The number of ketones is 1. The summed E-state index contributed by atoms with van der Waals surface area (Å²) in [5, 5.41) is 8.91. The molecule has 3 heteroatoms. The Balaban J connectivity index is 2.66. The molecule has 0 heterocycles. The summed E-state index contributed by atoms with van der Waals surface area (Å²) in [7, 11) is 0. The number of benzene rings is 1. The monoisotopic (exact) mass is 234 g/mol. The average molecular weight is 234 g/mol. The van der Waals surface area contributed by atoms with Gasteiger partial charge in [0.25, 0.3) is 0 Å². The van der Waals surface area contributed by atoms with Crippen LogP contribution in [0.2, 0.25) is 0 Å². The van der Waals surface area contributed by atoms with Crippen molar-refractivity contribution in [3.63, 3.8) is 0 Å². The minimum atomic E-state index is -1.02. The molecule has 0 aromatic heterocycles. The predicted molar refractivity (Wildman–Crippen MR) is 65.9 cm³/mol. The summed E-state index contributed by atoms with van der Waals surface area (Å²) in [6, 6.07) is 9.68. The first kappa shape index (κ1) is 13.4. The average Bonchev–Trinajstić information content (AvgIpc) is 2.30. The van der Waals surface area contributed by atoms with E-state index in [4.69, 9.17) is 5.11 Å². The fourth-order valence-corrected chi connectivity index (χ4v) is 1.88. The number of aliphatic carboxylic acids is 1. The Kier molecular flexibility index (Phi) is 4.88.